The summed E-state index contributed by atoms with van der Waals surface area (Å²) in [5.41, 5.74) is 6.99. The molecule has 1 heterocycles. The Hall–Kier alpha value is -2.19. The summed E-state index contributed by atoms with van der Waals surface area (Å²) >= 11 is 7.11. The number of amides is 1. The summed E-state index contributed by atoms with van der Waals surface area (Å²) in [4.78, 5) is 12.6. The van der Waals surface area contributed by atoms with E-state index in [1.165, 1.54) is 6.07 Å². The minimum Gasteiger partial charge on any atom is -0.409 e. The molecule has 7 nitrogen and oxygen atoms in total. The van der Waals surface area contributed by atoms with Gasteiger partial charge in [0.05, 0.1) is 16.4 Å². The third-order valence-corrected chi connectivity index (χ3v) is 3.80. The van der Waals surface area contributed by atoms with Crippen LogP contribution in [-0.4, -0.2) is 26.5 Å². The average molecular weight is 326 g/mol. The van der Waals surface area contributed by atoms with Crippen LogP contribution in [0.25, 0.3) is 0 Å². The number of aromatic nitrogens is 2. The van der Waals surface area contributed by atoms with Crippen LogP contribution in [0, 0.1) is 0 Å². The summed E-state index contributed by atoms with van der Waals surface area (Å²) < 4.78 is 3.76. The summed E-state index contributed by atoms with van der Waals surface area (Å²) in [6.45, 7) is 1.90. The van der Waals surface area contributed by atoms with E-state index in [1.54, 1.807) is 12.1 Å². The first kappa shape index (κ1) is 15.2. The van der Waals surface area contributed by atoms with E-state index in [9.17, 15) is 4.79 Å². The SMILES string of the molecule is CCc1nnsc1C(=O)Nc1ccc(/C(N)=N/O)cc1Cl. The number of nitrogens with zero attached hydrogens (tertiary/aromatic N) is 3. The van der Waals surface area contributed by atoms with Gasteiger partial charge in [-0.15, -0.1) is 5.10 Å². The molecule has 0 unspecified atom stereocenters. The van der Waals surface area contributed by atoms with Gasteiger partial charge in [0.15, 0.2) is 5.84 Å². The van der Waals surface area contributed by atoms with Crippen LogP contribution in [0.2, 0.25) is 5.02 Å². The van der Waals surface area contributed by atoms with Gasteiger partial charge in [0.2, 0.25) is 0 Å². The number of oxime groups is 1. The van der Waals surface area contributed by atoms with Crippen molar-refractivity contribution in [3.8, 4) is 0 Å². The highest BCUT2D eigenvalue weighted by Gasteiger charge is 2.16. The third-order valence-electron chi connectivity index (χ3n) is 2.72. The largest absolute Gasteiger partial charge is 0.409 e. The van der Waals surface area contributed by atoms with Crippen LogP contribution < -0.4 is 11.1 Å². The number of halogens is 1. The fourth-order valence-electron chi connectivity index (χ4n) is 1.63. The minimum absolute atomic E-state index is 0.0605. The van der Waals surface area contributed by atoms with Crippen LogP contribution in [0.5, 0.6) is 0 Å². The lowest BCUT2D eigenvalue weighted by Crippen LogP contribution is -2.15. The van der Waals surface area contributed by atoms with E-state index in [0.29, 0.717) is 28.2 Å². The van der Waals surface area contributed by atoms with E-state index in [4.69, 9.17) is 22.5 Å². The minimum atomic E-state index is -0.319. The zero-order chi connectivity index (χ0) is 15.4. The standard InChI is InChI=1S/C12H12ClN5O2S/c1-2-8-10(21-18-16-8)12(19)15-9-4-3-6(5-7(9)13)11(14)17-20/h3-5,20H,2H2,1H3,(H2,14,17)(H,15,19). The predicted molar refractivity (Wildman–Crippen MR) is 81.2 cm³/mol. The van der Waals surface area contributed by atoms with Crippen molar-refractivity contribution in [3.63, 3.8) is 0 Å². The van der Waals surface area contributed by atoms with Crippen molar-refractivity contribution in [2.24, 2.45) is 10.9 Å². The molecule has 2 rings (SSSR count). The molecule has 0 saturated heterocycles. The number of benzene rings is 1. The number of hydrogen-bond acceptors (Lipinski definition) is 6. The van der Waals surface area contributed by atoms with Gasteiger partial charge in [-0.3, -0.25) is 4.79 Å². The maximum Gasteiger partial charge on any atom is 0.269 e. The number of aryl methyl sites for hydroxylation is 1. The van der Waals surface area contributed by atoms with Crippen molar-refractivity contribution < 1.29 is 10.0 Å². The maximum absolute atomic E-state index is 12.2. The molecule has 1 aromatic carbocycles. The topological polar surface area (TPSA) is 113 Å². The number of carbonyl (C=O) groups is 1. The average Bonchev–Trinajstić information content (AvgIpc) is 2.97. The fourth-order valence-corrected chi connectivity index (χ4v) is 2.50. The molecule has 0 saturated carbocycles. The maximum atomic E-state index is 12.2. The van der Waals surface area contributed by atoms with E-state index in [-0.39, 0.29) is 16.8 Å². The lowest BCUT2D eigenvalue weighted by molar-refractivity contribution is 0.102. The van der Waals surface area contributed by atoms with Crippen LogP contribution in [0.4, 0.5) is 5.69 Å². The first-order valence-electron chi connectivity index (χ1n) is 5.96. The molecule has 1 aromatic heterocycles. The van der Waals surface area contributed by atoms with Gasteiger partial charge in [0.25, 0.3) is 5.91 Å². The third kappa shape index (κ3) is 3.29. The van der Waals surface area contributed by atoms with Crippen LogP contribution in [0.3, 0.4) is 0 Å². The van der Waals surface area contributed by atoms with Gasteiger partial charge in [-0.25, -0.2) is 0 Å². The number of rotatable bonds is 4. The van der Waals surface area contributed by atoms with Crippen LogP contribution >= 0.6 is 23.1 Å². The lowest BCUT2D eigenvalue weighted by Gasteiger charge is -2.08. The Kier molecular flexibility index (Phi) is 4.71. The highest BCUT2D eigenvalue weighted by Crippen LogP contribution is 2.24. The highest BCUT2D eigenvalue weighted by atomic mass is 35.5. The van der Waals surface area contributed by atoms with Gasteiger partial charge in [-0.2, -0.15) is 0 Å². The first-order chi connectivity index (χ1) is 10.1. The summed E-state index contributed by atoms with van der Waals surface area (Å²) in [6.07, 6.45) is 0.620. The molecule has 4 N–H and O–H groups in total. The molecular weight excluding hydrogens is 314 g/mol. The number of anilines is 1. The summed E-state index contributed by atoms with van der Waals surface area (Å²) in [5.74, 6) is -0.380. The molecule has 9 heteroatoms. The Morgan fingerprint density at radius 2 is 2.33 bits per heavy atom. The van der Waals surface area contributed by atoms with E-state index in [1.807, 2.05) is 6.92 Å². The fraction of sp³-hybridized carbons (Fsp3) is 0.167. The molecular formula is C12H12ClN5O2S. The summed E-state index contributed by atoms with van der Waals surface area (Å²) in [7, 11) is 0. The molecule has 0 aliphatic carbocycles. The number of hydrogen-bond donors (Lipinski definition) is 3. The van der Waals surface area contributed by atoms with Crippen LogP contribution in [0.15, 0.2) is 23.4 Å². The normalized spacial score (nSPS) is 11.4. The molecule has 21 heavy (non-hydrogen) atoms. The highest BCUT2D eigenvalue weighted by molar-refractivity contribution is 7.08. The van der Waals surface area contributed by atoms with Crippen molar-refractivity contribution in [3.05, 3.63) is 39.4 Å². The zero-order valence-electron chi connectivity index (χ0n) is 11.0. The molecule has 0 aliphatic rings. The Balaban J connectivity index is 2.22. The van der Waals surface area contributed by atoms with E-state index in [0.717, 1.165) is 11.5 Å². The van der Waals surface area contributed by atoms with Crippen molar-refractivity contribution in [1.29, 1.82) is 0 Å². The Bertz CT molecular complexity index is 701. The first-order valence-corrected chi connectivity index (χ1v) is 7.12. The van der Waals surface area contributed by atoms with Gasteiger partial charge in [-0.1, -0.05) is 28.2 Å². The molecule has 0 fully saturated rings. The number of amidine groups is 1. The van der Waals surface area contributed by atoms with Gasteiger partial charge in [-0.05, 0) is 36.2 Å². The Labute approximate surface area is 129 Å². The van der Waals surface area contributed by atoms with Crippen molar-refractivity contribution >= 4 is 40.6 Å². The second kappa shape index (κ2) is 6.51. The van der Waals surface area contributed by atoms with Crippen molar-refractivity contribution in [2.75, 3.05) is 5.32 Å². The monoisotopic (exact) mass is 325 g/mol. The smallest absolute Gasteiger partial charge is 0.269 e. The van der Waals surface area contributed by atoms with Crippen molar-refractivity contribution in [2.45, 2.75) is 13.3 Å². The number of nitrogens with one attached hydrogen (secondary N) is 1. The molecule has 0 bridgehead atoms. The zero-order valence-corrected chi connectivity index (χ0v) is 12.6. The second-order valence-corrected chi connectivity index (χ2v) is 5.20. The van der Waals surface area contributed by atoms with Gasteiger partial charge < -0.3 is 16.3 Å². The quantitative estimate of drug-likeness (QED) is 0.345. The molecule has 0 spiro atoms. The second-order valence-electron chi connectivity index (χ2n) is 4.04. The number of nitrogens with two attached hydrogens (primary N) is 1. The Morgan fingerprint density at radius 3 is 2.95 bits per heavy atom. The molecule has 0 atom stereocenters. The van der Waals surface area contributed by atoms with E-state index in [2.05, 4.69) is 20.1 Å². The molecule has 0 radical (unpaired) electrons. The van der Waals surface area contributed by atoms with Gasteiger partial charge in [0, 0.05) is 5.56 Å². The van der Waals surface area contributed by atoms with Crippen molar-refractivity contribution in [1.82, 2.24) is 9.59 Å². The lowest BCUT2D eigenvalue weighted by atomic mass is 10.2. The summed E-state index contributed by atoms with van der Waals surface area (Å²) in [6, 6.07) is 4.66. The molecule has 2 aromatic rings. The van der Waals surface area contributed by atoms with E-state index < -0.39 is 0 Å². The van der Waals surface area contributed by atoms with Crippen LogP contribution in [-0.2, 0) is 6.42 Å². The van der Waals surface area contributed by atoms with E-state index >= 15 is 0 Å². The summed E-state index contributed by atoms with van der Waals surface area (Å²) in [5, 5.41) is 18.4. The van der Waals surface area contributed by atoms with Gasteiger partial charge in [0.1, 0.15) is 4.88 Å². The molecule has 0 aliphatic heterocycles. The predicted octanol–water partition coefficient (Wildman–Crippen LogP) is 2.10. The molecule has 1 amide bonds. The van der Waals surface area contributed by atoms with Gasteiger partial charge >= 0.3 is 0 Å². The number of carbonyl (C=O) groups excluding carboxylic acids is 1. The van der Waals surface area contributed by atoms with Crippen LogP contribution in [0.1, 0.15) is 27.9 Å². The molecule has 110 valence electrons. The Morgan fingerprint density at radius 1 is 1.57 bits per heavy atom.